The number of hydrogen-bond acceptors (Lipinski definition) is 4. The highest BCUT2D eigenvalue weighted by Gasteiger charge is 2.36. The fourth-order valence-electron chi connectivity index (χ4n) is 1.86. The van der Waals surface area contributed by atoms with Gasteiger partial charge in [-0.25, -0.2) is 0 Å². The van der Waals surface area contributed by atoms with E-state index in [0.29, 0.717) is 13.2 Å². The van der Waals surface area contributed by atoms with E-state index >= 15 is 0 Å². The Bertz CT molecular complexity index is 500. The first-order valence-electron chi connectivity index (χ1n) is 5.91. The molecule has 1 aliphatic rings. The predicted molar refractivity (Wildman–Crippen MR) is 73.4 cm³/mol. The predicted octanol–water partition coefficient (Wildman–Crippen LogP) is 0.752. The quantitative estimate of drug-likeness (QED) is 0.855. The minimum Gasteiger partial charge on any atom is -0.377 e. The van der Waals surface area contributed by atoms with Gasteiger partial charge in [-0.05, 0) is 17.7 Å². The number of carbonyl (C=O) groups excluding carboxylic acids is 2. The van der Waals surface area contributed by atoms with Gasteiger partial charge in [0.15, 0.2) is 0 Å². The number of rotatable bonds is 4. The van der Waals surface area contributed by atoms with E-state index in [1.165, 1.54) is 0 Å². The number of ether oxygens (including phenoxy) is 1. The molecule has 1 aliphatic heterocycles. The standard InChI is InChI=1S/C13H15BrN2O3/c14-10-3-1-2-9(4-10)5-11(17)16-12(18)6-13(15)7-19-8-13/h1-4H,5-8,15H2,(H,16,17,18). The molecule has 6 heteroatoms. The third-order valence-electron chi connectivity index (χ3n) is 2.82. The summed E-state index contributed by atoms with van der Waals surface area (Å²) in [6, 6.07) is 7.39. The van der Waals surface area contributed by atoms with E-state index in [2.05, 4.69) is 21.2 Å². The molecule has 2 rings (SSSR count). The molecule has 1 aromatic carbocycles. The van der Waals surface area contributed by atoms with Gasteiger partial charge in [0.1, 0.15) is 0 Å². The first kappa shape index (κ1) is 14.2. The van der Waals surface area contributed by atoms with Crippen molar-refractivity contribution in [1.29, 1.82) is 0 Å². The van der Waals surface area contributed by atoms with Crippen molar-refractivity contribution in [3.63, 3.8) is 0 Å². The molecule has 0 saturated carbocycles. The molecule has 0 spiro atoms. The Kier molecular flexibility index (Phi) is 4.34. The molecule has 0 radical (unpaired) electrons. The van der Waals surface area contributed by atoms with Gasteiger partial charge in [-0.3, -0.25) is 14.9 Å². The van der Waals surface area contributed by atoms with Gasteiger partial charge < -0.3 is 10.5 Å². The van der Waals surface area contributed by atoms with E-state index in [1.807, 2.05) is 24.3 Å². The third-order valence-corrected chi connectivity index (χ3v) is 3.32. The highest BCUT2D eigenvalue weighted by atomic mass is 79.9. The van der Waals surface area contributed by atoms with E-state index in [0.717, 1.165) is 10.0 Å². The Hall–Kier alpha value is -1.24. The van der Waals surface area contributed by atoms with Crippen LogP contribution < -0.4 is 11.1 Å². The van der Waals surface area contributed by atoms with E-state index < -0.39 is 5.54 Å². The van der Waals surface area contributed by atoms with Gasteiger partial charge in [0, 0.05) is 10.9 Å². The molecule has 0 atom stereocenters. The van der Waals surface area contributed by atoms with Gasteiger partial charge in [0.2, 0.25) is 11.8 Å². The van der Waals surface area contributed by atoms with Crippen molar-refractivity contribution >= 4 is 27.7 Å². The maximum Gasteiger partial charge on any atom is 0.230 e. The Morgan fingerprint density at radius 1 is 1.37 bits per heavy atom. The zero-order chi connectivity index (χ0) is 13.9. The number of nitrogens with two attached hydrogens (primary N) is 1. The van der Waals surface area contributed by atoms with Crippen molar-refractivity contribution in [3.8, 4) is 0 Å². The van der Waals surface area contributed by atoms with Crippen molar-refractivity contribution in [2.24, 2.45) is 5.73 Å². The lowest BCUT2D eigenvalue weighted by Crippen LogP contribution is -2.59. The lowest BCUT2D eigenvalue weighted by molar-refractivity contribution is -0.134. The molecule has 1 heterocycles. The first-order valence-corrected chi connectivity index (χ1v) is 6.70. The van der Waals surface area contributed by atoms with Crippen LogP contribution in [0.25, 0.3) is 0 Å². The van der Waals surface area contributed by atoms with E-state index in [-0.39, 0.29) is 24.7 Å². The number of halogens is 1. The highest BCUT2D eigenvalue weighted by molar-refractivity contribution is 9.10. The number of nitrogens with one attached hydrogen (secondary N) is 1. The second-order valence-corrected chi connectivity index (χ2v) is 5.73. The Balaban J connectivity index is 1.82. The Morgan fingerprint density at radius 3 is 2.68 bits per heavy atom. The van der Waals surface area contributed by atoms with Crippen LogP contribution in [0.3, 0.4) is 0 Å². The molecular weight excluding hydrogens is 312 g/mol. The van der Waals surface area contributed by atoms with Crippen LogP contribution in [-0.2, 0) is 20.7 Å². The summed E-state index contributed by atoms with van der Waals surface area (Å²) in [4.78, 5) is 23.3. The molecule has 3 N–H and O–H groups in total. The molecule has 0 aliphatic carbocycles. The van der Waals surface area contributed by atoms with Crippen LogP contribution in [0, 0.1) is 0 Å². The van der Waals surface area contributed by atoms with Crippen LogP contribution in [0.1, 0.15) is 12.0 Å². The van der Waals surface area contributed by atoms with Crippen LogP contribution in [0.2, 0.25) is 0 Å². The molecule has 0 aromatic heterocycles. The van der Waals surface area contributed by atoms with Crippen molar-refractivity contribution < 1.29 is 14.3 Å². The van der Waals surface area contributed by atoms with Crippen LogP contribution >= 0.6 is 15.9 Å². The second-order valence-electron chi connectivity index (χ2n) is 4.81. The largest absolute Gasteiger partial charge is 0.377 e. The third kappa shape index (κ3) is 4.12. The molecule has 0 unspecified atom stereocenters. The molecule has 19 heavy (non-hydrogen) atoms. The average molecular weight is 327 g/mol. The molecular formula is C13H15BrN2O3. The Morgan fingerprint density at radius 2 is 2.11 bits per heavy atom. The lowest BCUT2D eigenvalue weighted by Gasteiger charge is -2.36. The minimum absolute atomic E-state index is 0.108. The molecule has 0 bridgehead atoms. The highest BCUT2D eigenvalue weighted by Crippen LogP contribution is 2.17. The summed E-state index contributed by atoms with van der Waals surface area (Å²) >= 11 is 3.33. The fourth-order valence-corrected chi connectivity index (χ4v) is 2.31. The molecule has 1 fully saturated rings. The summed E-state index contributed by atoms with van der Waals surface area (Å²) in [6.07, 6.45) is 0.274. The number of hydrogen-bond donors (Lipinski definition) is 2. The van der Waals surface area contributed by atoms with Crippen LogP contribution in [0.5, 0.6) is 0 Å². The lowest BCUT2D eigenvalue weighted by atomic mass is 9.94. The summed E-state index contributed by atoms with van der Waals surface area (Å²) in [5.74, 6) is -0.683. The van der Waals surface area contributed by atoms with Crippen molar-refractivity contribution in [1.82, 2.24) is 5.32 Å². The van der Waals surface area contributed by atoms with Gasteiger partial charge in [-0.15, -0.1) is 0 Å². The normalized spacial score (nSPS) is 16.5. The van der Waals surface area contributed by atoms with Crippen molar-refractivity contribution in [2.75, 3.05) is 13.2 Å². The molecule has 1 saturated heterocycles. The topological polar surface area (TPSA) is 81.4 Å². The average Bonchev–Trinajstić information content (AvgIpc) is 2.26. The summed E-state index contributed by atoms with van der Waals surface area (Å²) in [7, 11) is 0. The van der Waals surface area contributed by atoms with Gasteiger partial charge in [-0.1, -0.05) is 28.1 Å². The zero-order valence-electron chi connectivity index (χ0n) is 10.3. The monoisotopic (exact) mass is 326 g/mol. The second kappa shape index (κ2) is 5.81. The molecule has 102 valence electrons. The van der Waals surface area contributed by atoms with E-state index in [4.69, 9.17) is 10.5 Å². The van der Waals surface area contributed by atoms with Crippen molar-refractivity contribution in [2.45, 2.75) is 18.4 Å². The van der Waals surface area contributed by atoms with E-state index in [9.17, 15) is 9.59 Å². The summed E-state index contributed by atoms with van der Waals surface area (Å²) < 4.78 is 5.86. The maximum absolute atomic E-state index is 11.7. The summed E-state index contributed by atoms with van der Waals surface area (Å²) in [6.45, 7) is 0.723. The number of amides is 2. The van der Waals surface area contributed by atoms with E-state index in [1.54, 1.807) is 0 Å². The van der Waals surface area contributed by atoms with Crippen LogP contribution in [-0.4, -0.2) is 30.6 Å². The fraction of sp³-hybridized carbons (Fsp3) is 0.385. The van der Waals surface area contributed by atoms with Crippen molar-refractivity contribution in [3.05, 3.63) is 34.3 Å². The number of imide groups is 1. The van der Waals surface area contributed by atoms with Gasteiger partial charge >= 0.3 is 0 Å². The number of benzene rings is 1. The SMILES string of the molecule is NC1(CC(=O)NC(=O)Cc2cccc(Br)c2)COC1. The zero-order valence-corrected chi connectivity index (χ0v) is 11.9. The molecule has 2 amide bonds. The van der Waals surface area contributed by atoms with Gasteiger partial charge in [-0.2, -0.15) is 0 Å². The minimum atomic E-state index is -0.611. The van der Waals surface area contributed by atoms with Gasteiger partial charge in [0.05, 0.1) is 25.2 Å². The van der Waals surface area contributed by atoms with Gasteiger partial charge in [0.25, 0.3) is 0 Å². The van der Waals surface area contributed by atoms with Crippen LogP contribution in [0.4, 0.5) is 0 Å². The Labute approximate surface area is 119 Å². The first-order chi connectivity index (χ1) is 8.97. The molecule has 1 aromatic rings. The smallest absolute Gasteiger partial charge is 0.230 e. The summed E-state index contributed by atoms with van der Waals surface area (Å²) in [5, 5.41) is 2.34. The molecule has 5 nitrogen and oxygen atoms in total. The maximum atomic E-state index is 11.7. The number of carbonyl (C=O) groups is 2. The van der Waals surface area contributed by atoms with Crippen LogP contribution in [0.15, 0.2) is 28.7 Å². The summed E-state index contributed by atoms with van der Waals surface area (Å²) in [5.41, 5.74) is 6.08.